The van der Waals surface area contributed by atoms with E-state index in [9.17, 15) is 5.11 Å². The largest absolute Gasteiger partial charge is 0.393 e. The lowest BCUT2D eigenvalue weighted by atomic mass is 9.88. The molecule has 0 bridgehead atoms. The van der Waals surface area contributed by atoms with Crippen molar-refractivity contribution in [2.45, 2.75) is 76.4 Å². The van der Waals surface area contributed by atoms with Gasteiger partial charge in [0.25, 0.3) is 0 Å². The highest BCUT2D eigenvalue weighted by atomic mass is 16.3. The fourth-order valence-corrected chi connectivity index (χ4v) is 5.31. The molecule has 0 amide bonds. The Kier molecular flexibility index (Phi) is 6.46. The first-order chi connectivity index (χ1) is 13.2. The van der Waals surface area contributed by atoms with Gasteiger partial charge in [-0.3, -0.25) is 4.90 Å². The van der Waals surface area contributed by atoms with Gasteiger partial charge >= 0.3 is 0 Å². The second kappa shape index (κ2) is 9.01. The molecule has 3 heterocycles. The van der Waals surface area contributed by atoms with Gasteiger partial charge in [0.15, 0.2) is 0 Å². The van der Waals surface area contributed by atoms with E-state index >= 15 is 0 Å². The number of hydrogen-bond acceptors (Lipinski definition) is 5. The molecule has 1 atom stereocenters. The average Bonchev–Trinajstić information content (AvgIpc) is 3.05. The van der Waals surface area contributed by atoms with Crippen LogP contribution in [-0.2, 0) is 13.6 Å². The van der Waals surface area contributed by atoms with Crippen LogP contribution in [0.3, 0.4) is 0 Å². The fraction of sp³-hybridized carbons (Fsp3) is 0.905. The Hall–Kier alpha value is -0.980. The fourth-order valence-electron chi connectivity index (χ4n) is 5.31. The summed E-state index contributed by atoms with van der Waals surface area (Å²) in [5, 5.41) is 18.8. The van der Waals surface area contributed by atoms with Crippen LogP contribution in [0, 0.1) is 5.92 Å². The quantitative estimate of drug-likeness (QED) is 0.857. The number of rotatable bonds is 5. The molecule has 6 nitrogen and oxygen atoms in total. The molecule has 0 unspecified atom stereocenters. The van der Waals surface area contributed by atoms with Crippen molar-refractivity contribution < 1.29 is 5.11 Å². The van der Waals surface area contributed by atoms with Crippen molar-refractivity contribution >= 4 is 0 Å². The summed E-state index contributed by atoms with van der Waals surface area (Å²) < 4.78 is 2.25. The topological polar surface area (TPSA) is 57.4 Å². The molecule has 1 aromatic rings. The van der Waals surface area contributed by atoms with E-state index < -0.39 is 0 Å². The van der Waals surface area contributed by atoms with Crippen molar-refractivity contribution in [3.8, 4) is 0 Å². The van der Waals surface area contributed by atoms with Crippen molar-refractivity contribution in [3.63, 3.8) is 0 Å². The summed E-state index contributed by atoms with van der Waals surface area (Å²) in [6.45, 7) is 6.47. The summed E-state index contributed by atoms with van der Waals surface area (Å²) in [7, 11) is 2.14. The summed E-state index contributed by atoms with van der Waals surface area (Å²) >= 11 is 0. The summed E-state index contributed by atoms with van der Waals surface area (Å²) in [5.41, 5.74) is 0. The van der Waals surface area contributed by atoms with Gasteiger partial charge in [-0.1, -0.05) is 19.3 Å². The highest BCUT2D eigenvalue weighted by Crippen LogP contribution is 2.29. The molecule has 1 N–H and O–H groups in total. The molecule has 2 aliphatic heterocycles. The van der Waals surface area contributed by atoms with Gasteiger partial charge in [0.2, 0.25) is 0 Å². The standard InChI is InChI=1S/C21H37N5O/c1-24-20(16-25-12-9-19(27)10-13-25)22-23-21(24)18-8-5-11-26(15-18)14-17-6-3-2-4-7-17/h17-19,27H,2-16H2,1H3/t18-/m1/s1. The zero-order valence-electron chi connectivity index (χ0n) is 17.0. The molecule has 2 saturated heterocycles. The Morgan fingerprint density at radius 1 is 0.889 bits per heavy atom. The molecule has 27 heavy (non-hydrogen) atoms. The van der Waals surface area contributed by atoms with E-state index in [2.05, 4.69) is 31.6 Å². The third-order valence-electron chi connectivity index (χ3n) is 7.03. The molecule has 6 heteroatoms. The maximum absolute atomic E-state index is 9.70. The molecule has 0 aromatic carbocycles. The Labute approximate surface area is 163 Å². The van der Waals surface area contributed by atoms with Crippen LogP contribution >= 0.6 is 0 Å². The Morgan fingerprint density at radius 2 is 1.67 bits per heavy atom. The van der Waals surface area contributed by atoms with Crippen LogP contribution in [0.2, 0.25) is 0 Å². The smallest absolute Gasteiger partial charge is 0.146 e. The molecule has 4 rings (SSSR count). The molecule has 0 radical (unpaired) electrons. The predicted octanol–water partition coefficient (Wildman–Crippen LogP) is 2.53. The van der Waals surface area contributed by atoms with Crippen LogP contribution in [0.4, 0.5) is 0 Å². The van der Waals surface area contributed by atoms with Crippen molar-refractivity contribution in [3.05, 3.63) is 11.6 Å². The van der Waals surface area contributed by atoms with Crippen molar-refractivity contribution in [1.29, 1.82) is 0 Å². The molecular formula is C21H37N5O. The zero-order valence-corrected chi connectivity index (χ0v) is 17.0. The maximum atomic E-state index is 9.70. The molecule has 3 fully saturated rings. The van der Waals surface area contributed by atoms with Gasteiger partial charge in [0.05, 0.1) is 12.6 Å². The first-order valence-electron chi connectivity index (χ1n) is 11.2. The molecule has 152 valence electrons. The number of aliphatic hydroxyl groups is 1. The summed E-state index contributed by atoms with van der Waals surface area (Å²) in [6, 6.07) is 0. The van der Waals surface area contributed by atoms with Crippen LogP contribution in [-0.4, -0.2) is 68.5 Å². The molecule has 3 aliphatic rings. The van der Waals surface area contributed by atoms with Gasteiger partial charge in [-0.2, -0.15) is 0 Å². The summed E-state index contributed by atoms with van der Waals surface area (Å²) in [6.07, 6.45) is 11.3. The summed E-state index contributed by atoms with van der Waals surface area (Å²) in [5.74, 6) is 3.69. The van der Waals surface area contributed by atoms with Gasteiger partial charge in [-0.15, -0.1) is 10.2 Å². The van der Waals surface area contributed by atoms with Crippen molar-refractivity contribution in [1.82, 2.24) is 24.6 Å². The first kappa shape index (κ1) is 19.3. The number of piperidine rings is 2. The average molecular weight is 376 g/mol. The van der Waals surface area contributed by atoms with Crippen molar-refractivity contribution in [2.75, 3.05) is 32.7 Å². The van der Waals surface area contributed by atoms with Gasteiger partial charge in [0.1, 0.15) is 11.6 Å². The summed E-state index contributed by atoms with van der Waals surface area (Å²) in [4.78, 5) is 5.10. The van der Waals surface area contributed by atoms with Gasteiger partial charge in [-0.25, -0.2) is 0 Å². The van der Waals surface area contributed by atoms with Crippen LogP contribution in [0.1, 0.15) is 75.4 Å². The van der Waals surface area contributed by atoms with Gasteiger partial charge in [-0.05, 0) is 51.0 Å². The molecular weight excluding hydrogens is 338 g/mol. The van der Waals surface area contributed by atoms with Crippen LogP contribution < -0.4 is 0 Å². The number of nitrogens with zero attached hydrogens (tertiary/aromatic N) is 5. The number of aliphatic hydroxyl groups excluding tert-OH is 1. The van der Waals surface area contributed by atoms with Gasteiger partial charge < -0.3 is 14.6 Å². The number of likely N-dealkylation sites (tertiary alicyclic amines) is 2. The Balaban J connectivity index is 1.34. The monoisotopic (exact) mass is 375 g/mol. The van der Waals surface area contributed by atoms with E-state index in [0.29, 0.717) is 5.92 Å². The van der Waals surface area contributed by atoms with E-state index in [0.717, 1.165) is 50.8 Å². The minimum Gasteiger partial charge on any atom is -0.393 e. The number of aromatic nitrogens is 3. The van der Waals surface area contributed by atoms with E-state index in [-0.39, 0.29) is 6.10 Å². The SMILES string of the molecule is Cn1c(CN2CCC(O)CC2)nnc1[C@@H]1CCCN(CC2CCCCC2)C1. The third kappa shape index (κ3) is 4.90. The second-order valence-corrected chi connectivity index (χ2v) is 9.14. The molecule has 1 aromatic heterocycles. The normalized spacial score (nSPS) is 27.3. The molecule has 0 spiro atoms. The van der Waals surface area contributed by atoms with Crippen molar-refractivity contribution in [2.24, 2.45) is 13.0 Å². The van der Waals surface area contributed by atoms with Crippen LogP contribution in [0.5, 0.6) is 0 Å². The molecule has 1 saturated carbocycles. The highest BCUT2D eigenvalue weighted by Gasteiger charge is 2.28. The predicted molar refractivity (Wildman–Crippen MR) is 107 cm³/mol. The maximum Gasteiger partial charge on any atom is 0.146 e. The lowest BCUT2D eigenvalue weighted by Crippen LogP contribution is -2.39. The lowest BCUT2D eigenvalue weighted by Gasteiger charge is -2.35. The van der Waals surface area contributed by atoms with E-state index in [4.69, 9.17) is 0 Å². The van der Waals surface area contributed by atoms with Crippen LogP contribution in [0.25, 0.3) is 0 Å². The highest BCUT2D eigenvalue weighted by molar-refractivity contribution is 5.04. The zero-order chi connectivity index (χ0) is 18.6. The minimum absolute atomic E-state index is 0.117. The molecule has 1 aliphatic carbocycles. The number of hydrogen-bond donors (Lipinski definition) is 1. The van der Waals surface area contributed by atoms with Gasteiger partial charge in [0, 0.05) is 39.1 Å². The van der Waals surface area contributed by atoms with E-state index in [1.54, 1.807) is 0 Å². The van der Waals surface area contributed by atoms with Crippen LogP contribution in [0.15, 0.2) is 0 Å². The van der Waals surface area contributed by atoms with E-state index in [1.807, 2.05) is 0 Å². The minimum atomic E-state index is -0.117. The Morgan fingerprint density at radius 3 is 2.44 bits per heavy atom. The first-order valence-corrected chi connectivity index (χ1v) is 11.2. The lowest BCUT2D eigenvalue weighted by molar-refractivity contribution is 0.0775. The third-order valence-corrected chi connectivity index (χ3v) is 7.03. The Bertz CT molecular complexity index is 589. The second-order valence-electron chi connectivity index (χ2n) is 9.14. The van der Waals surface area contributed by atoms with E-state index in [1.165, 1.54) is 63.9 Å².